The third-order valence-electron chi connectivity index (χ3n) is 5.87. The first-order valence-corrected chi connectivity index (χ1v) is 11.2. The number of nitrogens with zero attached hydrogens (tertiary/aromatic N) is 3. The maximum Gasteiger partial charge on any atom is 0.391 e. The number of fused-ring (bicyclic) bond motifs is 1. The first kappa shape index (κ1) is 19.6. The van der Waals surface area contributed by atoms with Crippen LogP contribution >= 0.6 is 0 Å². The van der Waals surface area contributed by atoms with Crippen LogP contribution in [-0.4, -0.2) is 48.0 Å². The summed E-state index contributed by atoms with van der Waals surface area (Å²) in [5.41, 5.74) is 2.49. The van der Waals surface area contributed by atoms with Crippen molar-refractivity contribution in [3.8, 4) is 0 Å². The van der Waals surface area contributed by atoms with Crippen LogP contribution in [0.15, 0.2) is 12.1 Å². The first-order valence-electron chi connectivity index (χ1n) is 9.51. The molecule has 0 spiro atoms. The summed E-state index contributed by atoms with van der Waals surface area (Å²) in [6.07, 6.45) is -3.10. The van der Waals surface area contributed by atoms with Crippen LogP contribution in [0, 0.1) is 12.8 Å². The predicted molar refractivity (Wildman–Crippen MR) is 97.9 cm³/mol. The van der Waals surface area contributed by atoms with Gasteiger partial charge in [0.15, 0.2) is 15.5 Å². The molecule has 0 bridgehead atoms. The summed E-state index contributed by atoms with van der Waals surface area (Å²) in [4.78, 5) is 4.45. The van der Waals surface area contributed by atoms with Gasteiger partial charge in [-0.25, -0.2) is 17.9 Å². The van der Waals surface area contributed by atoms with Crippen LogP contribution < -0.4 is 5.32 Å². The molecule has 0 radical (unpaired) electrons. The zero-order chi connectivity index (χ0) is 20.1. The van der Waals surface area contributed by atoms with Gasteiger partial charge in [0, 0.05) is 30.8 Å². The van der Waals surface area contributed by atoms with Gasteiger partial charge < -0.3 is 5.32 Å². The topological polar surface area (TPSA) is 76.4 Å². The molecule has 2 aromatic heterocycles. The van der Waals surface area contributed by atoms with Crippen molar-refractivity contribution >= 4 is 15.5 Å². The highest BCUT2D eigenvalue weighted by molar-refractivity contribution is 7.91. The molecule has 1 saturated carbocycles. The maximum atomic E-state index is 12.9. The second kappa shape index (κ2) is 6.98. The van der Waals surface area contributed by atoms with Crippen molar-refractivity contribution in [3.05, 3.63) is 29.2 Å². The summed E-state index contributed by atoms with van der Waals surface area (Å²) in [6.45, 7) is 2.54. The van der Waals surface area contributed by atoms with Crippen molar-refractivity contribution in [2.45, 2.75) is 50.0 Å². The number of hydrogen-bond acceptors (Lipinski definition) is 5. The van der Waals surface area contributed by atoms with Gasteiger partial charge >= 0.3 is 6.18 Å². The number of nitrogens with one attached hydrogen (secondary N) is 1. The molecule has 0 aromatic carbocycles. The molecular weight excluding hydrogens is 393 g/mol. The molecule has 2 aliphatic rings. The molecular formula is C18H23F3N4O2S. The Bertz CT molecular complexity index is 979. The summed E-state index contributed by atoms with van der Waals surface area (Å²) in [5.74, 6) is -1.24. The molecule has 4 rings (SSSR count). The predicted octanol–water partition coefficient (Wildman–Crippen LogP) is 2.93. The summed E-state index contributed by atoms with van der Waals surface area (Å²) in [7, 11) is -3.30. The van der Waals surface area contributed by atoms with Crippen LogP contribution in [0.4, 0.5) is 13.2 Å². The zero-order valence-corrected chi connectivity index (χ0v) is 16.4. The fourth-order valence-corrected chi connectivity index (χ4v) is 5.92. The average molecular weight is 416 g/mol. The highest BCUT2D eigenvalue weighted by atomic mass is 32.2. The second-order valence-electron chi connectivity index (χ2n) is 7.81. The molecule has 6 nitrogen and oxygen atoms in total. The standard InChI is InChI=1S/C18H23F3N4O2S/c1-11-8-15(16-10-22-6-7-28(16,26)27)25-17(23-11)9-14(24-25)12-2-4-13(5-3-12)18(19,20)21/h8-9,12-13,16,22H,2-7,10H2,1H3. The van der Waals surface area contributed by atoms with E-state index in [0.29, 0.717) is 48.7 Å². The van der Waals surface area contributed by atoms with Crippen molar-refractivity contribution in [2.75, 3.05) is 18.8 Å². The number of alkyl halides is 3. The lowest BCUT2D eigenvalue weighted by atomic mass is 9.80. The molecule has 2 aromatic rings. The van der Waals surface area contributed by atoms with Crippen molar-refractivity contribution in [1.82, 2.24) is 19.9 Å². The van der Waals surface area contributed by atoms with Crippen LogP contribution in [0.25, 0.3) is 5.65 Å². The minimum atomic E-state index is -4.14. The third kappa shape index (κ3) is 3.63. The van der Waals surface area contributed by atoms with Crippen LogP contribution in [0.1, 0.15) is 53.9 Å². The summed E-state index contributed by atoms with van der Waals surface area (Å²) in [6, 6.07) is 3.53. The van der Waals surface area contributed by atoms with E-state index in [1.165, 1.54) is 0 Å². The summed E-state index contributed by atoms with van der Waals surface area (Å²) in [5, 5.41) is 6.99. The Morgan fingerprint density at radius 1 is 1.18 bits per heavy atom. The van der Waals surface area contributed by atoms with E-state index in [1.54, 1.807) is 23.6 Å². The van der Waals surface area contributed by atoms with Crippen molar-refractivity contribution in [3.63, 3.8) is 0 Å². The Hall–Kier alpha value is -1.68. The number of rotatable bonds is 2. The molecule has 3 heterocycles. The fourth-order valence-electron chi connectivity index (χ4n) is 4.30. The van der Waals surface area contributed by atoms with Gasteiger partial charge in [-0.05, 0) is 38.7 Å². The fraction of sp³-hybridized carbons (Fsp3) is 0.667. The monoisotopic (exact) mass is 416 g/mol. The molecule has 2 fully saturated rings. The average Bonchev–Trinajstić information content (AvgIpc) is 3.04. The van der Waals surface area contributed by atoms with Crippen LogP contribution in [0.5, 0.6) is 0 Å². The Morgan fingerprint density at radius 2 is 1.89 bits per heavy atom. The first-order chi connectivity index (χ1) is 13.1. The van der Waals surface area contributed by atoms with Gasteiger partial charge in [-0.2, -0.15) is 18.3 Å². The molecule has 28 heavy (non-hydrogen) atoms. The summed E-state index contributed by atoms with van der Waals surface area (Å²) >= 11 is 0. The van der Waals surface area contributed by atoms with Gasteiger partial charge in [0.1, 0.15) is 5.25 Å². The molecule has 1 aliphatic heterocycles. The van der Waals surface area contributed by atoms with Crippen molar-refractivity contribution in [1.29, 1.82) is 0 Å². The minimum absolute atomic E-state index is 0.0606. The Kier molecular flexibility index (Phi) is 4.89. The van der Waals surface area contributed by atoms with Gasteiger partial charge in [0.25, 0.3) is 0 Å². The molecule has 1 unspecified atom stereocenters. The van der Waals surface area contributed by atoms with E-state index < -0.39 is 27.2 Å². The number of aryl methyl sites for hydroxylation is 1. The van der Waals surface area contributed by atoms with E-state index in [9.17, 15) is 21.6 Å². The lowest BCUT2D eigenvalue weighted by molar-refractivity contribution is -0.182. The number of halogens is 3. The molecule has 154 valence electrons. The maximum absolute atomic E-state index is 12.9. The lowest BCUT2D eigenvalue weighted by Crippen LogP contribution is -2.39. The van der Waals surface area contributed by atoms with Gasteiger partial charge in [-0.15, -0.1) is 0 Å². The molecule has 1 aliphatic carbocycles. The third-order valence-corrected chi connectivity index (χ3v) is 7.91. The Morgan fingerprint density at radius 3 is 2.54 bits per heavy atom. The number of sulfone groups is 1. The van der Waals surface area contributed by atoms with Crippen LogP contribution in [0.3, 0.4) is 0 Å². The van der Waals surface area contributed by atoms with E-state index in [1.807, 2.05) is 0 Å². The Balaban J connectivity index is 1.67. The van der Waals surface area contributed by atoms with Gasteiger partial charge in [0.05, 0.1) is 23.1 Å². The molecule has 10 heteroatoms. The number of hydrogen-bond donors (Lipinski definition) is 1. The van der Waals surface area contributed by atoms with E-state index in [2.05, 4.69) is 15.4 Å². The normalized spacial score (nSPS) is 28.5. The minimum Gasteiger partial charge on any atom is -0.314 e. The molecule has 0 amide bonds. The van der Waals surface area contributed by atoms with E-state index in [4.69, 9.17) is 0 Å². The van der Waals surface area contributed by atoms with Crippen LogP contribution in [0.2, 0.25) is 0 Å². The molecule has 1 atom stereocenters. The summed E-state index contributed by atoms with van der Waals surface area (Å²) < 4.78 is 65.5. The van der Waals surface area contributed by atoms with Gasteiger partial charge in [0.2, 0.25) is 0 Å². The largest absolute Gasteiger partial charge is 0.391 e. The quantitative estimate of drug-likeness (QED) is 0.815. The smallest absolute Gasteiger partial charge is 0.314 e. The van der Waals surface area contributed by atoms with Gasteiger partial charge in [-0.1, -0.05) is 0 Å². The second-order valence-corrected chi connectivity index (χ2v) is 10.1. The lowest BCUT2D eigenvalue weighted by Gasteiger charge is -2.28. The van der Waals surface area contributed by atoms with E-state index >= 15 is 0 Å². The van der Waals surface area contributed by atoms with E-state index in [-0.39, 0.29) is 24.5 Å². The Labute approximate surface area is 161 Å². The molecule has 1 N–H and O–H groups in total. The van der Waals surface area contributed by atoms with Crippen LogP contribution in [-0.2, 0) is 9.84 Å². The van der Waals surface area contributed by atoms with Gasteiger partial charge in [-0.3, -0.25) is 0 Å². The highest BCUT2D eigenvalue weighted by Gasteiger charge is 2.42. The van der Waals surface area contributed by atoms with E-state index in [0.717, 1.165) is 0 Å². The van der Waals surface area contributed by atoms with Crippen molar-refractivity contribution in [2.24, 2.45) is 5.92 Å². The zero-order valence-electron chi connectivity index (χ0n) is 15.5. The number of aromatic nitrogens is 3. The molecule has 1 saturated heterocycles. The van der Waals surface area contributed by atoms with Crippen molar-refractivity contribution < 1.29 is 21.6 Å². The SMILES string of the molecule is Cc1cc(C2CNCCS2(=O)=O)n2nc(C3CCC(C(F)(F)F)CC3)cc2n1. The highest BCUT2D eigenvalue weighted by Crippen LogP contribution is 2.42.